The van der Waals surface area contributed by atoms with Gasteiger partial charge in [-0.3, -0.25) is 0 Å². The van der Waals surface area contributed by atoms with Crippen molar-refractivity contribution in [3.05, 3.63) is 0 Å². The van der Waals surface area contributed by atoms with Gasteiger partial charge in [-0.1, -0.05) is 0 Å². The van der Waals surface area contributed by atoms with Gasteiger partial charge in [0.1, 0.15) is 0 Å². The first kappa shape index (κ1) is 50.5. The van der Waals surface area contributed by atoms with Crippen LogP contribution in [-0.2, 0) is 34.1 Å². The molecule has 0 aliphatic heterocycles. The molecule has 0 aromatic heterocycles. The van der Waals surface area contributed by atoms with E-state index in [-0.39, 0.29) is 56.1 Å². The molecule has 0 heterocycles. The zero-order chi connectivity index (χ0) is 0. The second kappa shape index (κ2) is 24.9. The maximum atomic E-state index is 0. The average molecular weight is 168 g/mol. The van der Waals surface area contributed by atoms with Crippen molar-refractivity contribution in [2.24, 2.45) is 0 Å². The number of hydrogen-bond acceptors (Lipinski definition) is 0. The molecule has 0 aromatic carbocycles. The molecule has 0 aliphatic rings. The molecule has 24 valence electrons. The summed E-state index contributed by atoms with van der Waals surface area (Å²) in [5, 5.41) is 0. The van der Waals surface area contributed by atoms with Gasteiger partial charge in [-0.25, -0.2) is 0 Å². The molecular weight excluding hydrogens is 168 g/mol. The molecule has 0 aliphatic carbocycles. The van der Waals surface area contributed by atoms with Crippen molar-refractivity contribution in [2.45, 2.75) is 0 Å². The van der Waals surface area contributed by atoms with Crippen LogP contribution >= 0.6 is 0 Å². The first-order valence-electron chi connectivity index (χ1n) is 0. The van der Waals surface area contributed by atoms with Crippen molar-refractivity contribution in [1.82, 2.24) is 0 Å². The van der Waals surface area contributed by atoms with E-state index in [0.29, 0.717) is 0 Å². The van der Waals surface area contributed by atoms with Crippen LogP contribution in [0.5, 0.6) is 0 Å². The summed E-state index contributed by atoms with van der Waals surface area (Å²) >= 11 is 0. The van der Waals surface area contributed by atoms with Crippen LogP contribution in [0.2, 0.25) is 0 Å². The van der Waals surface area contributed by atoms with Crippen LogP contribution in [0.15, 0.2) is 0 Å². The number of rotatable bonds is 0. The van der Waals surface area contributed by atoms with Crippen LogP contribution in [-0.4, -0.2) is 21.9 Å². The molecule has 0 atom stereocenters. The molecule has 0 aromatic rings. The predicted octanol–water partition coefficient (Wildman–Crippen LogP) is -0.767. The van der Waals surface area contributed by atoms with Crippen molar-refractivity contribution in [1.29, 1.82) is 0 Å². The fourth-order valence-corrected chi connectivity index (χ4v) is 0. The molecule has 0 saturated carbocycles. The van der Waals surface area contributed by atoms with Gasteiger partial charge in [-0.05, 0) is 0 Å². The van der Waals surface area contributed by atoms with Gasteiger partial charge in [0.2, 0.25) is 0 Å². The molecule has 0 fully saturated rings. The van der Waals surface area contributed by atoms with Crippen molar-refractivity contribution in [3.8, 4) is 0 Å². The van der Waals surface area contributed by atoms with E-state index in [2.05, 4.69) is 0 Å². The smallest absolute Gasteiger partial charge is 0 e. The van der Waals surface area contributed by atoms with E-state index < -0.39 is 0 Å². The Bertz CT molecular complexity index is 4.00. The SMILES string of the molecule is [Fe].[Fe].[Si].[Si]. The molecule has 0 unspecified atom stereocenters. The average Bonchev–Trinajstić information content (AvgIpc) is 0. The normalized spacial score (nSPS) is 0. The molecule has 0 rings (SSSR count). The molecule has 4 heavy (non-hydrogen) atoms. The third-order valence-corrected chi connectivity index (χ3v) is 0. The van der Waals surface area contributed by atoms with Gasteiger partial charge in [0.05, 0.1) is 0 Å². The van der Waals surface area contributed by atoms with Gasteiger partial charge in [0, 0.05) is 56.1 Å². The van der Waals surface area contributed by atoms with Crippen LogP contribution in [0.3, 0.4) is 0 Å². The standard InChI is InChI=1S/2Fe.2Si. The van der Waals surface area contributed by atoms with Gasteiger partial charge in [-0.15, -0.1) is 0 Å². The molecule has 0 spiro atoms. The molecular formula is Fe2Si2. The first-order chi connectivity index (χ1) is 0. The fraction of sp³-hybridized carbons (Fsp3) is 0. The van der Waals surface area contributed by atoms with Crippen molar-refractivity contribution in [2.75, 3.05) is 0 Å². The molecule has 0 N–H and O–H groups in total. The Labute approximate surface area is 56.1 Å². The van der Waals surface area contributed by atoms with Crippen LogP contribution in [0, 0.1) is 0 Å². The van der Waals surface area contributed by atoms with Crippen molar-refractivity contribution < 1.29 is 34.1 Å². The molecule has 4 heteroatoms. The Morgan fingerprint density at radius 2 is 0.500 bits per heavy atom. The van der Waals surface area contributed by atoms with Crippen LogP contribution in [0.25, 0.3) is 0 Å². The zero-order valence-corrected chi connectivity index (χ0v) is 5.92. The zero-order valence-electron chi connectivity index (χ0n) is 1.71. The summed E-state index contributed by atoms with van der Waals surface area (Å²) in [5.41, 5.74) is 0. The Balaban J connectivity index is 0. The molecule has 0 saturated heterocycles. The minimum atomic E-state index is 0. The van der Waals surface area contributed by atoms with Gasteiger partial charge in [0.15, 0.2) is 0 Å². The summed E-state index contributed by atoms with van der Waals surface area (Å²) < 4.78 is 0. The van der Waals surface area contributed by atoms with Gasteiger partial charge in [-0.2, -0.15) is 0 Å². The van der Waals surface area contributed by atoms with E-state index in [0.717, 1.165) is 0 Å². The number of hydrogen-bond donors (Lipinski definition) is 0. The molecule has 0 nitrogen and oxygen atoms in total. The maximum absolute atomic E-state index is 0. The van der Waals surface area contributed by atoms with Crippen LogP contribution in [0.4, 0.5) is 0 Å². The fourth-order valence-electron chi connectivity index (χ4n) is 0. The Morgan fingerprint density at radius 1 is 0.500 bits per heavy atom. The molecule has 8 radical (unpaired) electrons. The Morgan fingerprint density at radius 3 is 0.500 bits per heavy atom. The summed E-state index contributed by atoms with van der Waals surface area (Å²) in [6, 6.07) is 0. The summed E-state index contributed by atoms with van der Waals surface area (Å²) in [5.74, 6) is 0. The monoisotopic (exact) mass is 168 g/mol. The third kappa shape index (κ3) is 9.79. The van der Waals surface area contributed by atoms with Crippen LogP contribution < -0.4 is 0 Å². The van der Waals surface area contributed by atoms with E-state index in [9.17, 15) is 0 Å². The minimum absolute atomic E-state index is 0. The van der Waals surface area contributed by atoms with E-state index in [1.165, 1.54) is 0 Å². The van der Waals surface area contributed by atoms with E-state index in [4.69, 9.17) is 0 Å². The minimum Gasteiger partial charge on any atom is 0 e. The first-order valence-corrected chi connectivity index (χ1v) is 0. The topological polar surface area (TPSA) is 0 Å². The van der Waals surface area contributed by atoms with Gasteiger partial charge in [0.25, 0.3) is 0 Å². The van der Waals surface area contributed by atoms with E-state index >= 15 is 0 Å². The summed E-state index contributed by atoms with van der Waals surface area (Å²) in [6.07, 6.45) is 0. The van der Waals surface area contributed by atoms with Crippen molar-refractivity contribution >= 4 is 21.9 Å². The largest absolute Gasteiger partial charge is 0 e. The third-order valence-electron chi connectivity index (χ3n) is 0. The van der Waals surface area contributed by atoms with Gasteiger partial charge >= 0.3 is 0 Å². The van der Waals surface area contributed by atoms with E-state index in [1.807, 2.05) is 0 Å². The quantitative estimate of drug-likeness (QED) is 0.416. The second-order valence-electron chi connectivity index (χ2n) is 0. The summed E-state index contributed by atoms with van der Waals surface area (Å²) in [6.45, 7) is 0. The summed E-state index contributed by atoms with van der Waals surface area (Å²) in [4.78, 5) is 0. The summed E-state index contributed by atoms with van der Waals surface area (Å²) in [7, 11) is 0. The Kier molecular flexibility index (Phi) is 314. The Hall–Kier alpha value is 1.47. The molecule has 0 bridgehead atoms. The van der Waals surface area contributed by atoms with Crippen molar-refractivity contribution in [3.63, 3.8) is 0 Å². The molecule has 0 amide bonds. The maximum Gasteiger partial charge on any atom is 0 e. The second-order valence-corrected chi connectivity index (χ2v) is 0. The van der Waals surface area contributed by atoms with E-state index in [1.54, 1.807) is 0 Å². The van der Waals surface area contributed by atoms with Crippen LogP contribution in [0.1, 0.15) is 0 Å². The van der Waals surface area contributed by atoms with Gasteiger partial charge < -0.3 is 0 Å². The predicted molar refractivity (Wildman–Crippen MR) is 11.5 cm³/mol.